The van der Waals surface area contributed by atoms with Crippen LogP contribution in [-0.2, 0) is 19.4 Å². The molecule has 1 saturated heterocycles. The number of rotatable bonds is 4. The van der Waals surface area contributed by atoms with Crippen LogP contribution in [-0.4, -0.2) is 41.9 Å². The predicted octanol–water partition coefficient (Wildman–Crippen LogP) is 8.11. The van der Waals surface area contributed by atoms with Crippen molar-refractivity contribution in [3.05, 3.63) is 106 Å². The van der Waals surface area contributed by atoms with Gasteiger partial charge in [-0.3, -0.25) is 4.90 Å². The van der Waals surface area contributed by atoms with Crippen molar-refractivity contribution in [3.8, 4) is 0 Å². The van der Waals surface area contributed by atoms with Crippen LogP contribution in [0.2, 0.25) is 5.15 Å². The average molecular weight is 592 g/mol. The lowest BCUT2D eigenvalue weighted by molar-refractivity contribution is 0.249. The summed E-state index contributed by atoms with van der Waals surface area (Å²) in [5.74, 6) is 2.02. The first-order chi connectivity index (χ1) is 19.9. The number of piperazine rings is 1. The maximum Gasteiger partial charge on any atom is 0.151 e. The molecule has 2 N–H and O–H groups in total. The molecular formula is C33H40Cl2N6. The standard InChI is InChI=1S/C30H32Cl2N6.C3H8/c1-3-27(31)30-34-21(2)33-25-7-4-6-22(17-25)10-11-23-16-24(19-26(18-23)35-30)20-37-12-14-38(15-13-37)29-9-5-8-28(32)36-29;1-3-2/h3-9,16-19,33H,2,10-15,20H2,1H3,(H,34,35);3H2,1-2H3/b27-3+;. The van der Waals surface area contributed by atoms with Crippen molar-refractivity contribution in [3.63, 3.8) is 0 Å². The van der Waals surface area contributed by atoms with Gasteiger partial charge in [0.25, 0.3) is 0 Å². The van der Waals surface area contributed by atoms with E-state index in [2.05, 4.69) is 87.2 Å². The third-order valence-corrected chi connectivity index (χ3v) is 7.37. The molecular weight excluding hydrogens is 551 g/mol. The number of aryl methyl sites for hydroxylation is 2. The highest BCUT2D eigenvalue weighted by atomic mass is 35.5. The number of halogens is 2. The van der Waals surface area contributed by atoms with E-state index < -0.39 is 0 Å². The minimum absolute atomic E-state index is 0.521. The first-order valence-corrected chi connectivity index (χ1v) is 15.1. The van der Waals surface area contributed by atoms with E-state index in [0.29, 0.717) is 21.8 Å². The third-order valence-electron chi connectivity index (χ3n) is 6.76. The van der Waals surface area contributed by atoms with E-state index in [1.807, 2.05) is 37.3 Å². The minimum Gasteiger partial charge on any atom is -0.354 e. The maximum atomic E-state index is 6.55. The Bertz CT molecular complexity index is 1390. The molecule has 2 aliphatic heterocycles. The molecule has 0 amide bonds. The largest absolute Gasteiger partial charge is 0.354 e. The molecule has 3 aromatic rings. The SMILES string of the molecule is C=C1/N=C(\C(Cl)=C/C)Nc2cc(cc(CN3CCN(c4cccc(Cl)n4)CC3)c2)CCc2cccc(c2)N1.CCC. The Kier molecular flexibility index (Phi) is 11.3. The van der Waals surface area contributed by atoms with E-state index in [1.165, 1.54) is 23.1 Å². The summed E-state index contributed by atoms with van der Waals surface area (Å²) in [6.45, 7) is 14.8. The van der Waals surface area contributed by atoms with Gasteiger partial charge >= 0.3 is 0 Å². The molecule has 2 aromatic carbocycles. The van der Waals surface area contributed by atoms with E-state index >= 15 is 0 Å². The molecule has 5 rings (SSSR count). The fourth-order valence-electron chi connectivity index (χ4n) is 4.87. The Morgan fingerprint density at radius 1 is 0.927 bits per heavy atom. The van der Waals surface area contributed by atoms with Gasteiger partial charge in [0.05, 0.1) is 5.03 Å². The summed E-state index contributed by atoms with van der Waals surface area (Å²) in [7, 11) is 0. The van der Waals surface area contributed by atoms with Crippen molar-refractivity contribution >= 4 is 46.2 Å². The van der Waals surface area contributed by atoms with Gasteiger partial charge in [0, 0.05) is 44.1 Å². The number of anilines is 3. The molecule has 0 atom stereocenters. The molecule has 4 bridgehead atoms. The topological polar surface area (TPSA) is 55.8 Å². The second-order valence-corrected chi connectivity index (χ2v) is 11.1. The first-order valence-electron chi connectivity index (χ1n) is 14.3. The summed E-state index contributed by atoms with van der Waals surface area (Å²) in [4.78, 5) is 13.9. The van der Waals surface area contributed by atoms with Crippen LogP contribution in [0.5, 0.6) is 0 Å². The lowest BCUT2D eigenvalue weighted by Gasteiger charge is -2.35. The molecule has 6 nitrogen and oxygen atoms in total. The minimum atomic E-state index is 0.521. The van der Waals surface area contributed by atoms with Crippen LogP contribution in [0.25, 0.3) is 0 Å². The molecule has 0 spiro atoms. The normalized spacial score (nSPS) is 17.4. The van der Waals surface area contributed by atoms with Crippen LogP contribution in [0, 0.1) is 0 Å². The Labute approximate surface area is 254 Å². The molecule has 0 unspecified atom stereocenters. The van der Waals surface area contributed by atoms with Crippen LogP contribution in [0.3, 0.4) is 0 Å². The Hall–Kier alpha value is -3.32. The van der Waals surface area contributed by atoms with Crippen molar-refractivity contribution in [2.24, 2.45) is 4.99 Å². The number of pyridine rings is 1. The Morgan fingerprint density at radius 2 is 1.63 bits per heavy atom. The molecule has 3 heterocycles. The molecule has 216 valence electrons. The predicted molar refractivity (Wildman–Crippen MR) is 176 cm³/mol. The van der Waals surface area contributed by atoms with E-state index in [0.717, 1.165) is 62.8 Å². The lowest BCUT2D eigenvalue weighted by Crippen LogP contribution is -2.46. The van der Waals surface area contributed by atoms with Crippen LogP contribution in [0.1, 0.15) is 43.9 Å². The molecule has 0 radical (unpaired) electrons. The van der Waals surface area contributed by atoms with Gasteiger partial charge in [-0.1, -0.05) is 80.4 Å². The number of aromatic nitrogens is 1. The summed E-state index contributed by atoms with van der Waals surface area (Å²) in [6.07, 6.45) is 4.96. The van der Waals surface area contributed by atoms with Gasteiger partial charge in [-0.2, -0.15) is 0 Å². The van der Waals surface area contributed by atoms with Crippen molar-refractivity contribution in [2.45, 2.75) is 46.6 Å². The summed E-state index contributed by atoms with van der Waals surface area (Å²) < 4.78 is 0. The number of amidine groups is 1. The van der Waals surface area contributed by atoms with Crippen LogP contribution >= 0.6 is 23.2 Å². The molecule has 41 heavy (non-hydrogen) atoms. The number of nitrogens with zero attached hydrogens (tertiary/aromatic N) is 4. The van der Waals surface area contributed by atoms with Gasteiger partial charge in [-0.15, -0.1) is 0 Å². The Morgan fingerprint density at radius 3 is 2.37 bits per heavy atom. The van der Waals surface area contributed by atoms with Crippen molar-refractivity contribution < 1.29 is 0 Å². The van der Waals surface area contributed by atoms with E-state index in [4.69, 9.17) is 23.2 Å². The number of benzene rings is 2. The lowest BCUT2D eigenvalue weighted by atomic mass is 10.0. The van der Waals surface area contributed by atoms with Crippen LogP contribution < -0.4 is 15.5 Å². The van der Waals surface area contributed by atoms with Gasteiger partial charge < -0.3 is 15.5 Å². The van der Waals surface area contributed by atoms with Gasteiger partial charge in [-0.05, 0) is 72.9 Å². The van der Waals surface area contributed by atoms with Crippen molar-refractivity contribution in [2.75, 3.05) is 41.7 Å². The number of allylic oxidation sites excluding steroid dienone is 1. The zero-order valence-electron chi connectivity index (χ0n) is 24.3. The second-order valence-electron chi connectivity index (χ2n) is 10.3. The number of hydrogen-bond donors (Lipinski definition) is 2. The molecule has 1 fully saturated rings. The Balaban J connectivity index is 0.00000124. The highest BCUT2D eigenvalue weighted by Gasteiger charge is 2.19. The van der Waals surface area contributed by atoms with Crippen LogP contribution in [0.15, 0.2) is 89.2 Å². The fourth-order valence-corrected chi connectivity index (χ4v) is 5.12. The van der Waals surface area contributed by atoms with Gasteiger partial charge in [0.1, 0.15) is 16.8 Å². The van der Waals surface area contributed by atoms with Gasteiger partial charge in [0.15, 0.2) is 5.84 Å². The zero-order valence-corrected chi connectivity index (χ0v) is 25.8. The first kappa shape index (κ1) is 30.6. The van der Waals surface area contributed by atoms with E-state index in [1.54, 1.807) is 0 Å². The maximum absolute atomic E-state index is 6.55. The number of hydrogen-bond acceptors (Lipinski definition) is 6. The molecule has 8 heteroatoms. The monoisotopic (exact) mass is 590 g/mol. The highest BCUT2D eigenvalue weighted by Crippen LogP contribution is 2.24. The number of nitrogens with one attached hydrogen (secondary N) is 2. The van der Waals surface area contributed by atoms with Crippen LogP contribution in [0.4, 0.5) is 17.2 Å². The quantitative estimate of drug-likeness (QED) is 0.300. The summed E-state index contributed by atoms with van der Waals surface area (Å²) >= 11 is 12.7. The van der Waals surface area contributed by atoms with Gasteiger partial charge in [0.2, 0.25) is 0 Å². The fraction of sp³-hybridized carbons (Fsp3) is 0.333. The molecule has 1 aromatic heterocycles. The summed E-state index contributed by atoms with van der Waals surface area (Å²) in [5.41, 5.74) is 5.74. The van der Waals surface area contributed by atoms with Crippen molar-refractivity contribution in [1.82, 2.24) is 9.88 Å². The van der Waals surface area contributed by atoms with Gasteiger partial charge in [-0.25, -0.2) is 9.98 Å². The molecule has 0 saturated carbocycles. The number of aliphatic imine (C=N–C) groups is 1. The van der Waals surface area contributed by atoms with E-state index in [9.17, 15) is 0 Å². The smallest absolute Gasteiger partial charge is 0.151 e. The second kappa shape index (κ2) is 15.1. The molecule has 0 aliphatic carbocycles. The highest BCUT2D eigenvalue weighted by molar-refractivity contribution is 6.45. The summed E-state index contributed by atoms with van der Waals surface area (Å²) in [6, 6.07) is 20.9. The van der Waals surface area contributed by atoms with Crippen molar-refractivity contribution in [1.29, 1.82) is 0 Å². The zero-order chi connectivity index (χ0) is 29.2. The summed E-state index contributed by atoms with van der Waals surface area (Å²) in [5, 5.41) is 7.82. The average Bonchev–Trinajstić information content (AvgIpc) is 2.96. The molecule has 2 aliphatic rings. The third kappa shape index (κ3) is 9.09. The number of fused-ring (bicyclic) bond motifs is 4. The van der Waals surface area contributed by atoms with E-state index in [-0.39, 0.29) is 0 Å².